The Balaban J connectivity index is 1.81. The number of fused-ring (bicyclic) bond motifs is 2. The summed E-state index contributed by atoms with van der Waals surface area (Å²) in [6.45, 7) is -0.0805. The first-order valence-electron chi connectivity index (χ1n) is 8.48. The quantitative estimate of drug-likeness (QED) is 0.230. The molecular weight excluding hydrogens is 494 g/mol. The van der Waals surface area contributed by atoms with Crippen LogP contribution in [0.5, 0.6) is 0 Å². The molecule has 2 aromatic heterocycles. The highest BCUT2D eigenvalue weighted by Gasteiger charge is 2.15. The summed E-state index contributed by atoms with van der Waals surface area (Å²) in [6.07, 6.45) is 0. The second-order valence-electron chi connectivity index (χ2n) is 6.17. The number of carbonyl (C=O) groups is 2. The third kappa shape index (κ3) is 3.91. The number of amides is 1. The zero-order valence-electron chi connectivity index (χ0n) is 15.3. The number of nitro groups is 1. The van der Waals surface area contributed by atoms with E-state index >= 15 is 0 Å². The van der Waals surface area contributed by atoms with Gasteiger partial charge in [-0.3, -0.25) is 19.7 Å². The number of thiazole rings is 1. The second kappa shape index (κ2) is 8.09. The van der Waals surface area contributed by atoms with Crippen LogP contribution < -0.4 is 4.80 Å². The minimum Gasteiger partial charge on any atom is -0.468 e. The number of rotatable bonds is 4. The van der Waals surface area contributed by atoms with Gasteiger partial charge in [0.1, 0.15) is 6.54 Å². The highest BCUT2D eigenvalue weighted by Crippen LogP contribution is 2.29. The first-order chi connectivity index (χ1) is 14.4. The molecule has 0 saturated carbocycles. The molecule has 2 heterocycles. The van der Waals surface area contributed by atoms with Gasteiger partial charge in [-0.15, -0.1) is 11.3 Å². The Morgan fingerprint density at radius 1 is 1.17 bits per heavy atom. The summed E-state index contributed by atoms with van der Waals surface area (Å²) in [6, 6.07) is 11.6. The predicted octanol–water partition coefficient (Wildman–Crippen LogP) is 4.50. The number of non-ortho nitro benzene ring substituents is 1. The minimum atomic E-state index is -0.483. The molecule has 0 aliphatic heterocycles. The predicted molar refractivity (Wildman–Crippen MR) is 118 cm³/mol. The van der Waals surface area contributed by atoms with Gasteiger partial charge >= 0.3 is 5.97 Å². The van der Waals surface area contributed by atoms with E-state index in [1.165, 1.54) is 41.9 Å². The van der Waals surface area contributed by atoms with Gasteiger partial charge in [-0.05, 0) is 30.3 Å². The van der Waals surface area contributed by atoms with Gasteiger partial charge in [0.05, 0.1) is 27.1 Å². The van der Waals surface area contributed by atoms with E-state index < -0.39 is 16.8 Å². The van der Waals surface area contributed by atoms with E-state index in [1.807, 2.05) is 18.2 Å². The zero-order valence-corrected chi connectivity index (χ0v) is 18.5. The maximum atomic E-state index is 12.8. The molecule has 0 aliphatic carbocycles. The molecule has 8 nitrogen and oxygen atoms in total. The third-order valence-electron chi connectivity index (χ3n) is 4.28. The van der Waals surface area contributed by atoms with Gasteiger partial charge in [-0.2, -0.15) is 4.99 Å². The van der Waals surface area contributed by atoms with Crippen molar-refractivity contribution in [3.63, 3.8) is 0 Å². The van der Waals surface area contributed by atoms with Gasteiger partial charge in [-0.1, -0.05) is 27.3 Å². The van der Waals surface area contributed by atoms with Crippen LogP contribution in [0.3, 0.4) is 0 Å². The molecule has 0 aliphatic rings. The van der Waals surface area contributed by atoms with E-state index in [2.05, 4.69) is 20.9 Å². The Hall–Kier alpha value is -2.89. The molecule has 0 unspecified atom stereocenters. The fourth-order valence-corrected chi connectivity index (χ4v) is 5.38. The van der Waals surface area contributed by atoms with E-state index in [1.54, 1.807) is 16.7 Å². The molecule has 0 spiro atoms. The molecule has 0 fully saturated rings. The molecule has 11 heteroatoms. The van der Waals surface area contributed by atoms with Gasteiger partial charge in [0.2, 0.25) is 0 Å². The van der Waals surface area contributed by atoms with Crippen molar-refractivity contribution >= 4 is 76.5 Å². The molecule has 0 atom stereocenters. The lowest BCUT2D eigenvalue weighted by Gasteiger charge is -2.03. The Kier molecular flexibility index (Phi) is 5.50. The Morgan fingerprint density at radius 2 is 1.97 bits per heavy atom. The number of ether oxygens (including phenoxy) is 1. The normalized spacial score (nSPS) is 11.9. The van der Waals surface area contributed by atoms with Gasteiger partial charge in [0.25, 0.3) is 11.6 Å². The van der Waals surface area contributed by atoms with Crippen molar-refractivity contribution in [3.8, 4) is 0 Å². The van der Waals surface area contributed by atoms with Crippen LogP contribution in [0.1, 0.15) is 9.67 Å². The van der Waals surface area contributed by atoms with Crippen LogP contribution in [-0.4, -0.2) is 28.5 Å². The van der Waals surface area contributed by atoms with Crippen LogP contribution >= 0.6 is 38.6 Å². The molecule has 30 heavy (non-hydrogen) atoms. The molecular formula is C19H12BrN3O5S2. The second-order valence-corrected chi connectivity index (χ2v) is 9.17. The van der Waals surface area contributed by atoms with E-state index in [4.69, 9.17) is 4.74 Å². The first kappa shape index (κ1) is 20.4. The minimum absolute atomic E-state index is 0.0396. The number of methoxy groups -OCH3 is 1. The molecule has 4 aromatic rings. The highest BCUT2D eigenvalue weighted by molar-refractivity contribution is 9.10. The lowest BCUT2D eigenvalue weighted by atomic mass is 10.2. The standard InChI is InChI=1S/C19H12BrN3O5S2/c1-28-17(24)9-22-13-4-2-11(20)8-15(13)30-19(22)21-18(25)16-7-10-6-12(23(26)27)3-5-14(10)29-16/h2-8H,9H2,1H3. The van der Waals surface area contributed by atoms with Crippen LogP contribution in [0.25, 0.3) is 20.3 Å². The number of halogens is 1. The Labute approximate surface area is 185 Å². The number of hydrogen-bond donors (Lipinski definition) is 0. The Bertz CT molecular complexity index is 1400. The van der Waals surface area contributed by atoms with Gasteiger partial charge in [0, 0.05) is 26.7 Å². The number of hydrogen-bond acceptors (Lipinski definition) is 7. The van der Waals surface area contributed by atoms with Crippen molar-refractivity contribution in [1.29, 1.82) is 0 Å². The summed E-state index contributed by atoms with van der Waals surface area (Å²) < 4.78 is 8.87. The summed E-state index contributed by atoms with van der Waals surface area (Å²) in [5, 5.41) is 11.6. The van der Waals surface area contributed by atoms with Gasteiger partial charge in [-0.25, -0.2) is 0 Å². The van der Waals surface area contributed by atoms with Crippen molar-refractivity contribution in [1.82, 2.24) is 4.57 Å². The fraction of sp³-hybridized carbons (Fsp3) is 0.105. The summed E-state index contributed by atoms with van der Waals surface area (Å²) in [4.78, 5) is 40.1. The number of nitro benzene ring substituents is 1. The van der Waals surface area contributed by atoms with Crippen molar-refractivity contribution in [2.75, 3.05) is 7.11 Å². The molecule has 4 rings (SSSR count). The fourth-order valence-electron chi connectivity index (χ4n) is 2.87. The van der Waals surface area contributed by atoms with E-state index in [0.29, 0.717) is 15.1 Å². The monoisotopic (exact) mass is 505 g/mol. The van der Waals surface area contributed by atoms with Gasteiger partial charge < -0.3 is 9.30 Å². The highest BCUT2D eigenvalue weighted by atomic mass is 79.9. The largest absolute Gasteiger partial charge is 0.468 e. The van der Waals surface area contributed by atoms with Gasteiger partial charge in [0.15, 0.2) is 4.80 Å². The number of thiophene rings is 1. The molecule has 0 bridgehead atoms. The third-order valence-corrected chi connectivity index (χ3v) is 6.92. The average molecular weight is 506 g/mol. The molecule has 152 valence electrons. The summed E-state index contributed by atoms with van der Waals surface area (Å²) in [5.74, 6) is -0.941. The molecule has 0 saturated heterocycles. The van der Waals surface area contributed by atoms with Crippen molar-refractivity contribution in [2.45, 2.75) is 6.54 Å². The maximum Gasteiger partial charge on any atom is 0.325 e. The Morgan fingerprint density at radius 3 is 2.70 bits per heavy atom. The number of carbonyl (C=O) groups excluding carboxylic acids is 2. The van der Waals surface area contributed by atoms with E-state index in [-0.39, 0.29) is 12.2 Å². The van der Waals surface area contributed by atoms with Crippen LogP contribution in [0.4, 0.5) is 5.69 Å². The first-order valence-corrected chi connectivity index (χ1v) is 10.9. The molecule has 0 radical (unpaired) electrons. The van der Waals surface area contributed by atoms with E-state index in [9.17, 15) is 19.7 Å². The number of nitrogens with zero attached hydrogens (tertiary/aromatic N) is 3. The number of benzene rings is 2. The lowest BCUT2D eigenvalue weighted by Crippen LogP contribution is -2.22. The summed E-state index contributed by atoms with van der Waals surface area (Å²) in [5.41, 5.74) is 0.717. The molecule has 1 amide bonds. The SMILES string of the molecule is COC(=O)Cn1c(=NC(=O)c2cc3cc([N+](=O)[O-])ccc3s2)sc2cc(Br)ccc21. The number of aromatic nitrogens is 1. The van der Waals surface area contributed by atoms with Crippen LogP contribution in [0.15, 0.2) is 51.9 Å². The topological polar surface area (TPSA) is 104 Å². The summed E-state index contributed by atoms with van der Waals surface area (Å²) in [7, 11) is 1.30. The van der Waals surface area contributed by atoms with Crippen molar-refractivity contribution in [3.05, 3.63) is 66.7 Å². The van der Waals surface area contributed by atoms with E-state index in [0.717, 1.165) is 19.4 Å². The smallest absolute Gasteiger partial charge is 0.325 e. The van der Waals surface area contributed by atoms with Crippen LogP contribution in [0, 0.1) is 10.1 Å². The zero-order chi connectivity index (χ0) is 21.4. The number of esters is 1. The van der Waals surface area contributed by atoms with Crippen molar-refractivity contribution in [2.24, 2.45) is 4.99 Å². The lowest BCUT2D eigenvalue weighted by molar-refractivity contribution is -0.384. The molecule has 2 aromatic carbocycles. The molecule has 0 N–H and O–H groups in total. The average Bonchev–Trinajstić information content (AvgIpc) is 3.28. The maximum absolute atomic E-state index is 12.8. The summed E-state index contributed by atoms with van der Waals surface area (Å²) >= 11 is 5.90. The van der Waals surface area contributed by atoms with Crippen molar-refractivity contribution < 1.29 is 19.2 Å². The van der Waals surface area contributed by atoms with Crippen LogP contribution in [0.2, 0.25) is 0 Å². The van der Waals surface area contributed by atoms with Crippen LogP contribution in [-0.2, 0) is 16.1 Å².